The fourth-order valence-electron chi connectivity index (χ4n) is 3.04. The lowest BCUT2D eigenvalue weighted by molar-refractivity contribution is -0.140. The summed E-state index contributed by atoms with van der Waals surface area (Å²) >= 11 is 0. The van der Waals surface area contributed by atoms with E-state index in [4.69, 9.17) is 4.74 Å². The van der Waals surface area contributed by atoms with Gasteiger partial charge in [-0.2, -0.15) is 0 Å². The summed E-state index contributed by atoms with van der Waals surface area (Å²) in [7, 11) is 0. The summed E-state index contributed by atoms with van der Waals surface area (Å²) in [6, 6.07) is 0.529. The minimum atomic E-state index is 0.213. The fraction of sp³-hybridized carbons (Fsp3) is 0.933. The van der Waals surface area contributed by atoms with E-state index in [9.17, 15) is 4.79 Å². The van der Waals surface area contributed by atoms with Crippen molar-refractivity contribution >= 4 is 5.91 Å². The Bertz CT molecular complexity index is 288. The number of hydrogen-bond acceptors (Lipinski definition) is 3. The number of carbonyl (C=O) groups excluding carboxylic acids is 1. The molecule has 0 bridgehead atoms. The van der Waals surface area contributed by atoms with Gasteiger partial charge in [0.05, 0.1) is 0 Å². The second-order valence-electron chi connectivity index (χ2n) is 6.24. The zero-order chi connectivity index (χ0) is 13.7. The molecule has 2 aliphatic heterocycles. The van der Waals surface area contributed by atoms with Crippen LogP contribution >= 0.6 is 0 Å². The van der Waals surface area contributed by atoms with E-state index < -0.39 is 0 Å². The predicted octanol–water partition coefficient (Wildman–Crippen LogP) is 1.65. The molecule has 19 heavy (non-hydrogen) atoms. The Hall–Kier alpha value is -0.610. The summed E-state index contributed by atoms with van der Waals surface area (Å²) in [6.07, 6.45) is 4.21. The molecule has 1 atom stereocenters. The number of ether oxygens (including phenoxy) is 1. The first-order valence-corrected chi connectivity index (χ1v) is 7.76. The highest BCUT2D eigenvalue weighted by atomic mass is 16.5. The molecule has 1 N–H and O–H groups in total. The molecule has 0 spiro atoms. The molecule has 0 aromatic rings. The Labute approximate surface area is 116 Å². The molecule has 110 valence electrons. The molecule has 0 aliphatic carbocycles. The second kappa shape index (κ2) is 7.25. The first-order valence-electron chi connectivity index (χ1n) is 7.76. The molecule has 2 fully saturated rings. The maximum Gasteiger partial charge on any atom is 0.225 e. The Morgan fingerprint density at radius 3 is 2.74 bits per heavy atom. The lowest BCUT2D eigenvalue weighted by Crippen LogP contribution is -2.46. The molecule has 0 radical (unpaired) electrons. The van der Waals surface area contributed by atoms with Gasteiger partial charge >= 0.3 is 0 Å². The van der Waals surface area contributed by atoms with Crippen molar-refractivity contribution in [2.45, 2.75) is 45.6 Å². The number of rotatable bonds is 4. The number of likely N-dealkylation sites (tertiary alicyclic amines) is 1. The van der Waals surface area contributed by atoms with E-state index in [1.54, 1.807) is 0 Å². The predicted molar refractivity (Wildman–Crippen MR) is 76.0 cm³/mol. The number of nitrogens with one attached hydrogen (secondary N) is 1. The third-order valence-electron chi connectivity index (χ3n) is 4.22. The summed E-state index contributed by atoms with van der Waals surface area (Å²) in [5.41, 5.74) is 0. The van der Waals surface area contributed by atoms with Gasteiger partial charge in [0, 0.05) is 38.3 Å². The van der Waals surface area contributed by atoms with E-state index >= 15 is 0 Å². The number of piperidine rings is 1. The van der Waals surface area contributed by atoms with E-state index in [1.165, 1.54) is 6.42 Å². The first-order chi connectivity index (χ1) is 9.16. The minimum absolute atomic E-state index is 0.213. The van der Waals surface area contributed by atoms with Crippen LogP contribution in [0.2, 0.25) is 0 Å². The van der Waals surface area contributed by atoms with E-state index in [-0.39, 0.29) is 5.92 Å². The van der Waals surface area contributed by atoms with Crippen LogP contribution in [-0.2, 0) is 9.53 Å². The molecule has 2 heterocycles. The van der Waals surface area contributed by atoms with Gasteiger partial charge in [-0.25, -0.2) is 0 Å². The highest BCUT2D eigenvalue weighted by molar-refractivity contribution is 5.79. The van der Waals surface area contributed by atoms with Gasteiger partial charge in [0.25, 0.3) is 0 Å². The highest BCUT2D eigenvalue weighted by Crippen LogP contribution is 2.22. The number of nitrogens with zero attached hydrogens (tertiary/aromatic N) is 1. The summed E-state index contributed by atoms with van der Waals surface area (Å²) < 4.78 is 5.34. The van der Waals surface area contributed by atoms with E-state index in [1.807, 2.05) is 0 Å². The van der Waals surface area contributed by atoms with Crippen LogP contribution in [0, 0.1) is 11.8 Å². The van der Waals surface area contributed by atoms with Crippen LogP contribution in [0.5, 0.6) is 0 Å². The highest BCUT2D eigenvalue weighted by Gasteiger charge is 2.29. The summed E-state index contributed by atoms with van der Waals surface area (Å²) in [5.74, 6) is 1.21. The average molecular weight is 268 g/mol. The standard InChI is InChI=1S/C15H28N2O2/c1-12(2)16-10-13-4-3-7-17(11-13)15(18)14-5-8-19-9-6-14/h12-14,16H,3-11H2,1-2H3. The topological polar surface area (TPSA) is 41.6 Å². The zero-order valence-corrected chi connectivity index (χ0v) is 12.4. The van der Waals surface area contributed by atoms with Crippen molar-refractivity contribution < 1.29 is 9.53 Å². The Morgan fingerprint density at radius 2 is 2.05 bits per heavy atom. The quantitative estimate of drug-likeness (QED) is 0.843. The molecule has 2 rings (SSSR count). The van der Waals surface area contributed by atoms with Crippen molar-refractivity contribution in [3.8, 4) is 0 Å². The van der Waals surface area contributed by atoms with Crippen LogP contribution in [0.1, 0.15) is 39.5 Å². The van der Waals surface area contributed by atoms with Crippen molar-refractivity contribution in [2.75, 3.05) is 32.8 Å². The Kier molecular flexibility index (Phi) is 5.64. The molecule has 1 unspecified atom stereocenters. The van der Waals surface area contributed by atoms with Gasteiger partial charge in [-0.1, -0.05) is 13.8 Å². The lowest BCUT2D eigenvalue weighted by Gasteiger charge is -2.36. The average Bonchev–Trinajstić information content (AvgIpc) is 2.45. The maximum absolute atomic E-state index is 12.5. The molecule has 0 aromatic carbocycles. The van der Waals surface area contributed by atoms with Gasteiger partial charge in [0.1, 0.15) is 0 Å². The van der Waals surface area contributed by atoms with Crippen LogP contribution in [-0.4, -0.2) is 49.7 Å². The van der Waals surface area contributed by atoms with Gasteiger partial charge in [0.15, 0.2) is 0 Å². The molecule has 4 heteroatoms. The van der Waals surface area contributed by atoms with Crippen LogP contribution in [0.15, 0.2) is 0 Å². The Morgan fingerprint density at radius 1 is 1.32 bits per heavy atom. The Balaban J connectivity index is 1.80. The second-order valence-corrected chi connectivity index (χ2v) is 6.24. The third-order valence-corrected chi connectivity index (χ3v) is 4.22. The molecule has 1 amide bonds. The number of hydrogen-bond donors (Lipinski definition) is 1. The van der Waals surface area contributed by atoms with Gasteiger partial charge in [-0.15, -0.1) is 0 Å². The van der Waals surface area contributed by atoms with Crippen molar-refractivity contribution in [1.82, 2.24) is 10.2 Å². The van der Waals surface area contributed by atoms with Crippen LogP contribution in [0.25, 0.3) is 0 Å². The lowest BCUT2D eigenvalue weighted by atomic mass is 9.93. The van der Waals surface area contributed by atoms with Crippen molar-refractivity contribution in [1.29, 1.82) is 0 Å². The van der Waals surface area contributed by atoms with Gasteiger partial charge < -0.3 is 15.0 Å². The number of amides is 1. The normalized spacial score (nSPS) is 25.8. The van der Waals surface area contributed by atoms with E-state index in [2.05, 4.69) is 24.1 Å². The van der Waals surface area contributed by atoms with Gasteiger partial charge in [0.2, 0.25) is 5.91 Å². The molecule has 0 saturated carbocycles. The van der Waals surface area contributed by atoms with Gasteiger partial charge in [-0.05, 0) is 38.1 Å². The van der Waals surface area contributed by atoms with E-state index in [0.29, 0.717) is 17.9 Å². The zero-order valence-electron chi connectivity index (χ0n) is 12.4. The molecular formula is C15H28N2O2. The fourth-order valence-corrected chi connectivity index (χ4v) is 3.04. The molecular weight excluding hydrogens is 240 g/mol. The minimum Gasteiger partial charge on any atom is -0.381 e. The van der Waals surface area contributed by atoms with Crippen molar-refractivity contribution in [3.63, 3.8) is 0 Å². The smallest absolute Gasteiger partial charge is 0.225 e. The summed E-state index contributed by atoms with van der Waals surface area (Å²) in [5, 5.41) is 3.50. The van der Waals surface area contributed by atoms with Crippen LogP contribution < -0.4 is 5.32 Å². The third kappa shape index (κ3) is 4.46. The maximum atomic E-state index is 12.5. The van der Waals surface area contributed by atoms with E-state index in [0.717, 1.165) is 52.1 Å². The SMILES string of the molecule is CC(C)NCC1CCCN(C(=O)C2CCOCC2)C1. The van der Waals surface area contributed by atoms with Gasteiger partial charge in [-0.3, -0.25) is 4.79 Å². The first kappa shape index (κ1) is 14.8. The summed E-state index contributed by atoms with van der Waals surface area (Å²) in [4.78, 5) is 14.6. The van der Waals surface area contributed by atoms with Crippen LogP contribution in [0.3, 0.4) is 0 Å². The van der Waals surface area contributed by atoms with Crippen molar-refractivity contribution in [2.24, 2.45) is 11.8 Å². The van der Waals surface area contributed by atoms with Crippen molar-refractivity contribution in [3.05, 3.63) is 0 Å². The summed E-state index contributed by atoms with van der Waals surface area (Å²) in [6.45, 7) is 8.78. The monoisotopic (exact) mass is 268 g/mol. The van der Waals surface area contributed by atoms with Crippen LogP contribution in [0.4, 0.5) is 0 Å². The molecule has 2 aliphatic rings. The number of carbonyl (C=O) groups is 1. The molecule has 0 aromatic heterocycles. The molecule has 4 nitrogen and oxygen atoms in total. The molecule has 2 saturated heterocycles. The largest absolute Gasteiger partial charge is 0.381 e.